The molecule has 0 saturated heterocycles. The largest absolute Gasteiger partial charge is 0.411 e. The summed E-state index contributed by atoms with van der Waals surface area (Å²) < 4.78 is 5.26. The van der Waals surface area contributed by atoms with Crippen LogP contribution in [0.1, 0.15) is 5.56 Å². The maximum absolute atomic E-state index is 8.65. The van der Waals surface area contributed by atoms with Gasteiger partial charge in [-0.3, -0.25) is 4.90 Å². The standard InChI is InChI=1S/C13H12N4O2S/c1-19-8-17-10-6-9(7-16-18)2-3-11(10)20-13-12(17)14-4-5-15-13/h2-7,18H,8H2,1H3. The molecule has 7 heteroatoms. The zero-order chi connectivity index (χ0) is 13.9. The first kappa shape index (κ1) is 12.9. The van der Waals surface area contributed by atoms with Gasteiger partial charge in [0.05, 0.1) is 11.9 Å². The van der Waals surface area contributed by atoms with Gasteiger partial charge in [0, 0.05) is 24.4 Å². The van der Waals surface area contributed by atoms with Gasteiger partial charge in [-0.15, -0.1) is 0 Å². The SMILES string of the molecule is COCN1c2cc(C=NO)ccc2Sc2nccnc21. The lowest BCUT2D eigenvalue weighted by atomic mass is 10.2. The second kappa shape index (κ2) is 5.48. The van der Waals surface area contributed by atoms with E-state index < -0.39 is 0 Å². The molecule has 0 spiro atoms. The van der Waals surface area contributed by atoms with E-state index in [1.54, 1.807) is 31.3 Å². The summed E-state index contributed by atoms with van der Waals surface area (Å²) in [5.74, 6) is 0.768. The van der Waals surface area contributed by atoms with Crippen LogP contribution in [0.25, 0.3) is 0 Å². The van der Waals surface area contributed by atoms with Gasteiger partial charge in [0.15, 0.2) is 5.82 Å². The summed E-state index contributed by atoms with van der Waals surface area (Å²) in [6.07, 6.45) is 4.72. The summed E-state index contributed by atoms with van der Waals surface area (Å²) in [6.45, 7) is 0.374. The predicted octanol–water partition coefficient (Wildman–Crippen LogP) is 2.49. The van der Waals surface area contributed by atoms with Gasteiger partial charge in [0.2, 0.25) is 0 Å². The first-order chi connectivity index (χ1) is 9.83. The first-order valence-electron chi connectivity index (χ1n) is 5.90. The van der Waals surface area contributed by atoms with E-state index >= 15 is 0 Å². The minimum Gasteiger partial charge on any atom is -0.411 e. The van der Waals surface area contributed by atoms with Gasteiger partial charge in [0.25, 0.3) is 0 Å². The third kappa shape index (κ3) is 2.21. The van der Waals surface area contributed by atoms with Gasteiger partial charge in [-0.1, -0.05) is 23.0 Å². The molecule has 1 aliphatic heterocycles. The molecule has 1 aromatic carbocycles. The topological polar surface area (TPSA) is 70.8 Å². The smallest absolute Gasteiger partial charge is 0.168 e. The number of fused-ring (bicyclic) bond motifs is 2. The maximum atomic E-state index is 8.65. The summed E-state index contributed by atoms with van der Waals surface area (Å²) in [7, 11) is 1.64. The van der Waals surface area contributed by atoms with E-state index in [0.29, 0.717) is 6.73 Å². The van der Waals surface area contributed by atoms with E-state index in [0.717, 1.165) is 27.0 Å². The molecule has 0 saturated carbocycles. The van der Waals surface area contributed by atoms with Crippen LogP contribution >= 0.6 is 11.8 Å². The molecule has 6 nitrogen and oxygen atoms in total. The van der Waals surface area contributed by atoms with Crippen LogP contribution < -0.4 is 4.90 Å². The Morgan fingerprint density at radius 2 is 2.25 bits per heavy atom. The molecular weight excluding hydrogens is 276 g/mol. The Morgan fingerprint density at radius 3 is 3.05 bits per heavy atom. The van der Waals surface area contributed by atoms with Crippen molar-refractivity contribution in [1.29, 1.82) is 0 Å². The molecule has 0 amide bonds. The molecule has 0 fully saturated rings. The Hall–Kier alpha value is -2.12. The van der Waals surface area contributed by atoms with Crippen LogP contribution in [0.3, 0.4) is 0 Å². The van der Waals surface area contributed by atoms with Crippen molar-refractivity contribution in [1.82, 2.24) is 9.97 Å². The van der Waals surface area contributed by atoms with Crippen molar-refractivity contribution in [2.24, 2.45) is 5.16 Å². The maximum Gasteiger partial charge on any atom is 0.168 e. The molecule has 1 aliphatic rings. The summed E-state index contributed by atoms with van der Waals surface area (Å²) in [6, 6.07) is 5.79. The Morgan fingerprint density at radius 1 is 1.40 bits per heavy atom. The van der Waals surface area contributed by atoms with Crippen LogP contribution in [0.5, 0.6) is 0 Å². The Labute approximate surface area is 120 Å². The highest BCUT2D eigenvalue weighted by atomic mass is 32.2. The highest BCUT2D eigenvalue weighted by Gasteiger charge is 2.25. The number of nitrogens with zero attached hydrogens (tertiary/aromatic N) is 4. The molecule has 2 heterocycles. The van der Waals surface area contributed by atoms with E-state index in [1.807, 2.05) is 23.1 Å². The lowest BCUT2D eigenvalue weighted by Gasteiger charge is -2.30. The predicted molar refractivity (Wildman–Crippen MR) is 76.0 cm³/mol. The molecule has 0 aliphatic carbocycles. The van der Waals surface area contributed by atoms with Crippen LogP contribution in [-0.4, -0.2) is 35.2 Å². The number of hydrogen-bond acceptors (Lipinski definition) is 7. The number of benzene rings is 1. The summed E-state index contributed by atoms with van der Waals surface area (Å²) in [5.41, 5.74) is 1.77. The Balaban J connectivity index is 2.11. The van der Waals surface area contributed by atoms with Crippen molar-refractivity contribution in [2.45, 2.75) is 9.92 Å². The minimum atomic E-state index is 0.374. The lowest BCUT2D eigenvalue weighted by Crippen LogP contribution is -2.24. The average Bonchev–Trinajstić information content (AvgIpc) is 2.48. The minimum absolute atomic E-state index is 0.374. The van der Waals surface area contributed by atoms with Crippen LogP contribution in [-0.2, 0) is 4.74 Å². The second-order valence-corrected chi connectivity index (χ2v) is 5.14. The fraction of sp³-hybridized carbons (Fsp3) is 0.154. The zero-order valence-electron chi connectivity index (χ0n) is 10.7. The van der Waals surface area contributed by atoms with Gasteiger partial charge in [0.1, 0.15) is 11.8 Å². The third-order valence-corrected chi connectivity index (χ3v) is 3.89. The lowest BCUT2D eigenvalue weighted by molar-refractivity contribution is 0.205. The number of aromatic nitrogens is 2. The molecule has 102 valence electrons. The van der Waals surface area contributed by atoms with Crippen molar-refractivity contribution < 1.29 is 9.94 Å². The molecule has 3 rings (SSSR count). The van der Waals surface area contributed by atoms with E-state index in [-0.39, 0.29) is 0 Å². The van der Waals surface area contributed by atoms with E-state index in [2.05, 4.69) is 15.1 Å². The third-order valence-electron chi connectivity index (χ3n) is 2.85. The number of hydrogen-bond donors (Lipinski definition) is 1. The Bertz CT molecular complexity index is 663. The molecule has 0 bridgehead atoms. The van der Waals surface area contributed by atoms with Gasteiger partial charge in [-0.25, -0.2) is 9.97 Å². The highest BCUT2D eigenvalue weighted by Crippen LogP contribution is 2.45. The number of methoxy groups -OCH3 is 1. The van der Waals surface area contributed by atoms with Crippen LogP contribution in [0, 0.1) is 0 Å². The van der Waals surface area contributed by atoms with Gasteiger partial charge < -0.3 is 9.94 Å². The number of ether oxygens (including phenoxy) is 1. The Kier molecular flexibility index (Phi) is 3.53. The van der Waals surface area contributed by atoms with Gasteiger partial charge in [-0.2, -0.15) is 0 Å². The molecule has 2 aromatic rings. The summed E-state index contributed by atoms with van der Waals surface area (Å²) in [4.78, 5) is 11.7. The number of anilines is 2. The quantitative estimate of drug-likeness (QED) is 0.531. The van der Waals surface area contributed by atoms with E-state index in [1.165, 1.54) is 6.21 Å². The van der Waals surface area contributed by atoms with Crippen molar-refractivity contribution in [2.75, 3.05) is 18.7 Å². The van der Waals surface area contributed by atoms with Gasteiger partial charge >= 0.3 is 0 Å². The van der Waals surface area contributed by atoms with Gasteiger partial charge in [-0.05, 0) is 17.7 Å². The molecule has 0 atom stereocenters. The van der Waals surface area contributed by atoms with Crippen LogP contribution in [0.4, 0.5) is 11.5 Å². The van der Waals surface area contributed by atoms with Crippen molar-refractivity contribution >= 4 is 29.5 Å². The molecule has 0 unspecified atom stereocenters. The van der Waals surface area contributed by atoms with Crippen LogP contribution in [0.2, 0.25) is 0 Å². The van der Waals surface area contributed by atoms with E-state index in [9.17, 15) is 0 Å². The first-order valence-corrected chi connectivity index (χ1v) is 6.72. The highest BCUT2D eigenvalue weighted by molar-refractivity contribution is 7.99. The normalized spacial score (nSPS) is 13.3. The summed E-state index contributed by atoms with van der Waals surface area (Å²) in [5, 5.41) is 12.6. The number of rotatable bonds is 3. The molecule has 0 radical (unpaired) electrons. The number of oxime groups is 1. The van der Waals surface area contributed by atoms with E-state index in [4.69, 9.17) is 9.94 Å². The average molecular weight is 288 g/mol. The molecule has 1 N–H and O–H groups in total. The molecule has 20 heavy (non-hydrogen) atoms. The molecule has 1 aromatic heterocycles. The fourth-order valence-corrected chi connectivity index (χ4v) is 3.02. The van der Waals surface area contributed by atoms with Crippen molar-refractivity contribution in [3.63, 3.8) is 0 Å². The van der Waals surface area contributed by atoms with Crippen molar-refractivity contribution in [3.8, 4) is 0 Å². The monoisotopic (exact) mass is 288 g/mol. The molecular formula is C13H12N4O2S. The second-order valence-electron chi connectivity index (χ2n) is 4.10. The fourth-order valence-electron chi connectivity index (χ4n) is 2.03. The van der Waals surface area contributed by atoms with Crippen LogP contribution in [0.15, 0.2) is 45.7 Å². The summed E-state index contributed by atoms with van der Waals surface area (Å²) >= 11 is 1.56. The van der Waals surface area contributed by atoms with Crippen molar-refractivity contribution in [3.05, 3.63) is 36.2 Å². The zero-order valence-corrected chi connectivity index (χ0v) is 11.5.